The van der Waals surface area contributed by atoms with E-state index in [9.17, 15) is 9.90 Å². The van der Waals surface area contributed by atoms with Crippen molar-refractivity contribution in [3.05, 3.63) is 29.8 Å². The summed E-state index contributed by atoms with van der Waals surface area (Å²) >= 11 is 0. The van der Waals surface area contributed by atoms with Gasteiger partial charge >= 0.3 is 0 Å². The van der Waals surface area contributed by atoms with Gasteiger partial charge in [0.1, 0.15) is 5.75 Å². The minimum Gasteiger partial charge on any atom is -0.508 e. The average Bonchev–Trinajstić information content (AvgIpc) is 2.42. The van der Waals surface area contributed by atoms with E-state index in [0.717, 1.165) is 32.5 Å². The summed E-state index contributed by atoms with van der Waals surface area (Å²) in [5.74, 6) is 1.00. The number of nitrogens with one attached hydrogen (secondary N) is 1. The molecule has 1 saturated heterocycles. The number of rotatable bonds is 4. The van der Waals surface area contributed by atoms with Gasteiger partial charge in [-0.05, 0) is 38.4 Å². The molecule has 2 N–H and O–H groups in total. The molecule has 1 fully saturated rings. The smallest absolute Gasteiger partial charge is 0.227 e. The van der Waals surface area contributed by atoms with Crippen molar-refractivity contribution < 1.29 is 9.90 Å². The number of para-hydroxylation sites is 1. The Morgan fingerprint density at radius 2 is 2.05 bits per heavy atom. The first-order valence-corrected chi connectivity index (χ1v) is 6.90. The molecule has 1 amide bonds. The minimum atomic E-state index is 0.115. The van der Waals surface area contributed by atoms with E-state index in [2.05, 4.69) is 5.32 Å². The topological polar surface area (TPSA) is 52.6 Å². The van der Waals surface area contributed by atoms with Crippen molar-refractivity contribution in [3.63, 3.8) is 0 Å². The maximum absolute atomic E-state index is 12.2. The quantitative estimate of drug-likeness (QED) is 0.862. The van der Waals surface area contributed by atoms with Gasteiger partial charge in [-0.25, -0.2) is 0 Å². The fraction of sp³-hybridized carbons (Fsp3) is 0.533. The fourth-order valence-electron chi connectivity index (χ4n) is 2.61. The number of amides is 1. The normalized spacial score (nSPS) is 16.6. The van der Waals surface area contributed by atoms with Crippen LogP contribution in [-0.2, 0) is 11.2 Å². The second-order valence-corrected chi connectivity index (χ2v) is 5.19. The van der Waals surface area contributed by atoms with Crippen molar-refractivity contribution >= 4 is 5.91 Å². The Hall–Kier alpha value is -1.55. The van der Waals surface area contributed by atoms with Gasteiger partial charge in [0, 0.05) is 18.7 Å². The third kappa shape index (κ3) is 3.70. The molecule has 0 atom stereocenters. The van der Waals surface area contributed by atoms with Gasteiger partial charge in [-0.15, -0.1) is 0 Å². The van der Waals surface area contributed by atoms with Crippen LogP contribution < -0.4 is 5.32 Å². The number of likely N-dealkylation sites (tertiary alicyclic amines) is 1. The van der Waals surface area contributed by atoms with Crippen LogP contribution in [0.3, 0.4) is 0 Å². The molecule has 0 aliphatic carbocycles. The van der Waals surface area contributed by atoms with Crippen molar-refractivity contribution in [2.45, 2.75) is 19.3 Å². The van der Waals surface area contributed by atoms with Gasteiger partial charge < -0.3 is 15.3 Å². The van der Waals surface area contributed by atoms with E-state index in [4.69, 9.17) is 0 Å². The lowest BCUT2D eigenvalue weighted by Crippen LogP contribution is -2.41. The summed E-state index contributed by atoms with van der Waals surface area (Å²) in [7, 11) is 1.97. The zero-order chi connectivity index (χ0) is 13.7. The van der Waals surface area contributed by atoms with Gasteiger partial charge in [-0.1, -0.05) is 18.2 Å². The zero-order valence-corrected chi connectivity index (χ0v) is 11.4. The number of carbonyl (C=O) groups is 1. The van der Waals surface area contributed by atoms with E-state index in [-0.39, 0.29) is 11.7 Å². The molecule has 2 rings (SSSR count). The van der Waals surface area contributed by atoms with E-state index in [1.54, 1.807) is 18.2 Å². The standard InChI is InChI=1S/C15H22N2O2/c1-16-11-12-6-8-17(9-7-12)15(19)10-13-4-2-3-5-14(13)18/h2-5,12,16,18H,6-11H2,1H3. The number of phenolic OH excluding ortho intramolecular Hbond substituents is 1. The lowest BCUT2D eigenvalue weighted by molar-refractivity contribution is -0.131. The van der Waals surface area contributed by atoms with Gasteiger partial charge in [0.05, 0.1) is 6.42 Å². The summed E-state index contributed by atoms with van der Waals surface area (Å²) in [4.78, 5) is 14.1. The Morgan fingerprint density at radius 1 is 1.37 bits per heavy atom. The van der Waals surface area contributed by atoms with Crippen LogP contribution in [0.5, 0.6) is 5.75 Å². The maximum atomic E-state index is 12.2. The Bertz CT molecular complexity index is 426. The summed E-state index contributed by atoms with van der Waals surface area (Å²) in [5.41, 5.74) is 0.713. The van der Waals surface area contributed by atoms with E-state index in [1.807, 2.05) is 18.0 Å². The van der Waals surface area contributed by atoms with Gasteiger partial charge in [0.25, 0.3) is 0 Å². The van der Waals surface area contributed by atoms with Gasteiger partial charge in [-0.3, -0.25) is 4.79 Å². The van der Waals surface area contributed by atoms with Crippen molar-refractivity contribution in [3.8, 4) is 5.75 Å². The lowest BCUT2D eigenvalue weighted by atomic mass is 9.96. The highest BCUT2D eigenvalue weighted by atomic mass is 16.3. The van der Waals surface area contributed by atoms with Gasteiger partial charge in [-0.2, -0.15) is 0 Å². The Labute approximate surface area is 114 Å². The molecule has 19 heavy (non-hydrogen) atoms. The zero-order valence-electron chi connectivity index (χ0n) is 11.4. The highest BCUT2D eigenvalue weighted by molar-refractivity contribution is 5.79. The first-order valence-electron chi connectivity index (χ1n) is 6.90. The van der Waals surface area contributed by atoms with Crippen molar-refractivity contribution in [2.75, 3.05) is 26.7 Å². The molecule has 1 aliphatic heterocycles. The molecule has 0 spiro atoms. The molecule has 0 radical (unpaired) electrons. The van der Waals surface area contributed by atoms with Crippen molar-refractivity contribution in [1.29, 1.82) is 0 Å². The molecule has 0 bridgehead atoms. The van der Waals surface area contributed by atoms with Crippen LogP contribution in [0.4, 0.5) is 0 Å². The molecule has 4 nitrogen and oxygen atoms in total. The summed E-state index contributed by atoms with van der Waals surface area (Å²) < 4.78 is 0. The predicted octanol–water partition coefficient (Wildman–Crippen LogP) is 1.39. The highest BCUT2D eigenvalue weighted by Gasteiger charge is 2.22. The van der Waals surface area contributed by atoms with E-state index in [1.165, 1.54) is 0 Å². The molecule has 1 aromatic rings. The molecule has 1 aliphatic rings. The third-order valence-electron chi connectivity index (χ3n) is 3.79. The first-order chi connectivity index (χ1) is 9.20. The summed E-state index contributed by atoms with van der Waals surface area (Å²) in [6.07, 6.45) is 2.42. The number of aromatic hydroxyl groups is 1. The van der Waals surface area contributed by atoms with Gasteiger partial charge in [0.15, 0.2) is 0 Å². The second kappa shape index (κ2) is 6.57. The second-order valence-electron chi connectivity index (χ2n) is 5.19. The molecule has 104 valence electrons. The van der Waals surface area contributed by atoms with Crippen LogP contribution in [0, 0.1) is 5.92 Å². The average molecular weight is 262 g/mol. The van der Waals surface area contributed by atoms with Crippen LogP contribution in [0.1, 0.15) is 18.4 Å². The number of phenols is 1. The number of carbonyl (C=O) groups excluding carboxylic acids is 1. The fourth-order valence-corrected chi connectivity index (χ4v) is 2.61. The van der Waals surface area contributed by atoms with E-state index >= 15 is 0 Å². The van der Waals surface area contributed by atoms with Crippen LogP contribution in [0.25, 0.3) is 0 Å². The summed E-state index contributed by atoms with van der Waals surface area (Å²) in [6.45, 7) is 2.69. The molecular formula is C15H22N2O2. The number of piperidine rings is 1. The molecule has 0 saturated carbocycles. The van der Waals surface area contributed by atoms with Crippen molar-refractivity contribution in [1.82, 2.24) is 10.2 Å². The first kappa shape index (κ1) is 13.9. The van der Waals surface area contributed by atoms with Crippen LogP contribution in [0.2, 0.25) is 0 Å². The largest absolute Gasteiger partial charge is 0.508 e. The SMILES string of the molecule is CNCC1CCN(C(=O)Cc2ccccc2O)CC1. The number of nitrogens with zero attached hydrogens (tertiary/aromatic N) is 1. The predicted molar refractivity (Wildman–Crippen MR) is 75.0 cm³/mol. The molecule has 0 aromatic heterocycles. The van der Waals surface area contributed by atoms with Crippen LogP contribution in [-0.4, -0.2) is 42.6 Å². The Kier molecular flexibility index (Phi) is 4.80. The molecular weight excluding hydrogens is 240 g/mol. The maximum Gasteiger partial charge on any atom is 0.227 e. The molecule has 4 heteroatoms. The Morgan fingerprint density at radius 3 is 2.68 bits per heavy atom. The molecule has 1 heterocycles. The summed E-state index contributed by atoms with van der Waals surface area (Å²) in [5, 5.41) is 12.9. The van der Waals surface area contributed by atoms with Crippen molar-refractivity contribution in [2.24, 2.45) is 5.92 Å². The molecule has 0 unspecified atom stereocenters. The number of hydrogen-bond donors (Lipinski definition) is 2. The Balaban J connectivity index is 1.87. The third-order valence-corrected chi connectivity index (χ3v) is 3.79. The molecule has 1 aromatic carbocycles. The monoisotopic (exact) mass is 262 g/mol. The highest BCUT2D eigenvalue weighted by Crippen LogP contribution is 2.20. The lowest BCUT2D eigenvalue weighted by Gasteiger charge is -2.32. The number of benzene rings is 1. The minimum absolute atomic E-state index is 0.115. The van der Waals surface area contributed by atoms with E-state index < -0.39 is 0 Å². The van der Waals surface area contributed by atoms with E-state index in [0.29, 0.717) is 17.9 Å². The van der Waals surface area contributed by atoms with Crippen LogP contribution >= 0.6 is 0 Å². The van der Waals surface area contributed by atoms with Gasteiger partial charge in [0.2, 0.25) is 5.91 Å². The van der Waals surface area contributed by atoms with Crippen LogP contribution in [0.15, 0.2) is 24.3 Å². The summed E-state index contributed by atoms with van der Waals surface area (Å²) in [6, 6.07) is 7.05. The number of hydrogen-bond acceptors (Lipinski definition) is 3.